The van der Waals surface area contributed by atoms with Gasteiger partial charge < -0.3 is 20.7 Å². The highest BCUT2D eigenvalue weighted by atomic mass is 31.2. The maximum Gasteiger partial charge on any atom is 0.336 e. The monoisotopic (exact) mass is 205 g/mol. The van der Waals surface area contributed by atoms with Crippen molar-refractivity contribution in [2.24, 2.45) is 0 Å². The lowest BCUT2D eigenvalue weighted by atomic mass is 10.4. The van der Waals surface area contributed by atoms with E-state index in [0.29, 0.717) is 4.73 Å². The van der Waals surface area contributed by atoms with Gasteiger partial charge in [0.05, 0.1) is 6.20 Å². The molecule has 0 aromatic carbocycles. The molecule has 1 heterocycles. The fourth-order valence-corrected chi connectivity index (χ4v) is 1.49. The van der Waals surface area contributed by atoms with Crippen LogP contribution in [-0.4, -0.2) is 14.8 Å². The summed E-state index contributed by atoms with van der Waals surface area (Å²) in [4.78, 5) is 20.7. The van der Waals surface area contributed by atoms with E-state index in [0.717, 1.165) is 12.4 Å². The van der Waals surface area contributed by atoms with E-state index in [4.69, 9.17) is 15.5 Å². The summed E-state index contributed by atoms with van der Waals surface area (Å²) in [5.41, 5.74) is 5.04. The number of nitrogens with two attached hydrogens (primary N) is 1. The molecule has 1 aromatic rings. The Morgan fingerprint density at radius 3 is 2.77 bits per heavy atom. The Morgan fingerprint density at radius 2 is 2.31 bits per heavy atom. The lowest BCUT2D eigenvalue weighted by Gasteiger charge is -2.06. The van der Waals surface area contributed by atoms with Crippen LogP contribution in [0.25, 0.3) is 0 Å². The third kappa shape index (κ3) is 2.66. The van der Waals surface area contributed by atoms with Gasteiger partial charge in [0.2, 0.25) is 5.69 Å². The second-order valence-electron chi connectivity index (χ2n) is 2.41. The number of nitrogens with zero attached hydrogens (tertiary/aromatic N) is 2. The Kier molecular flexibility index (Phi) is 2.51. The first-order chi connectivity index (χ1) is 5.90. The lowest BCUT2D eigenvalue weighted by Crippen LogP contribution is -2.32. The fraction of sp³-hybridized carbons (Fsp3) is 0.200. The molecule has 72 valence electrons. The van der Waals surface area contributed by atoms with Gasteiger partial charge in [-0.15, -0.1) is 0 Å². The molecule has 0 aliphatic rings. The number of rotatable bonds is 2. The summed E-state index contributed by atoms with van der Waals surface area (Å²) in [5, 5.41) is 11.0. The molecule has 1 aromatic heterocycles. The SMILES string of the molecule is Nc1ncc[n+]([O-])c1CP(=O)(O)O. The number of aromatic nitrogens is 2. The first kappa shape index (κ1) is 9.91. The van der Waals surface area contributed by atoms with Crippen molar-refractivity contribution in [2.45, 2.75) is 6.16 Å². The highest BCUT2D eigenvalue weighted by molar-refractivity contribution is 7.50. The normalized spacial score (nSPS) is 11.5. The maximum absolute atomic E-state index is 11.0. The van der Waals surface area contributed by atoms with Crippen molar-refractivity contribution in [3.05, 3.63) is 23.3 Å². The number of anilines is 1. The average Bonchev–Trinajstić information content (AvgIpc) is 1.95. The standard InChI is InChI=1S/C5H8N3O4P/c6-5-4(3-13(10,11)12)8(9)2-1-7-5/h1-2H,3H2,(H2,6,7)(H2,10,11,12). The third-order valence-electron chi connectivity index (χ3n) is 1.33. The van der Waals surface area contributed by atoms with E-state index in [1.807, 2.05) is 0 Å². The Hall–Kier alpha value is -1.17. The molecule has 0 fully saturated rings. The molecule has 0 radical (unpaired) electrons. The van der Waals surface area contributed by atoms with Gasteiger partial charge in [-0.3, -0.25) is 4.57 Å². The molecule has 0 atom stereocenters. The van der Waals surface area contributed by atoms with Gasteiger partial charge in [-0.25, -0.2) is 4.98 Å². The minimum atomic E-state index is -4.28. The van der Waals surface area contributed by atoms with Crippen molar-refractivity contribution in [1.82, 2.24) is 4.98 Å². The molecular formula is C5H8N3O4P. The van der Waals surface area contributed by atoms with Gasteiger partial charge in [0.1, 0.15) is 6.16 Å². The van der Waals surface area contributed by atoms with E-state index >= 15 is 0 Å². The molecule has 4 N–H and O–H groups in total. The van der Waals surface area contributed by atoms with Crippen LogP contribution in [0.2, 0.25) is 0 Å². The van der Waals surface area contributed by atoms with E-state index in [1.165, 1.54) is 0 Å². The molecule has 8 heteroatoms. The summed E-state index contributed by atoms with van der Waals surface area (Å²) in [6.07, 6.45) is 1.49. The molecule has 0 saturated heterocycles. The van der Waals surface area contributed by atoms with Gasteiger partial charge >= 0.3 is 7.60 Å². The van der Waals surface area contributed by atoms with Crippen molar-refractivity contribution >= 4 is 13.4 Å². The van der Waals surface area contributed by atoms with Crippen LogP contribution in [-0.2, 0) is 10.7 Å². The van der Waals surface area contributed by atoms with Crippen LogP contribution >= 0.6 is 7.60 Å². The van der Waals surface area contributed by atoms with Crippen LogP contribution in [0.1, 0.15) is 5.69 Å². The van der Waals surface area contributed by atoms with Crippen LogP contribution in [0, 0.1) is 5.21 Å². The molecule has 0 aliphatic carbocycles. The smallest absolute Gasteiger partial charge is 0.336 e. The van der Waals surface area contributed by atoms with Crippen LogP contribution in [0.4, 0.5) is 5.82 Å². The molecular weight excluding hydrogens is 197 g/mol. The zero-order valence-corrected chi connectivity index (χ0v) is 7.39. The third-order valence-corrected chi connectivity index (χ3v) is 2.04. The summed E-state index contributed by atoms with van der Waals surface area (Å²) < 4.78 is 10.9. The van der Waals surface area contributed by atoms with Crippen molar-refractivity contribution in [2.75, 3.05) is 5.73 Å². The van der Waals surface area contributed by atoms with Crippen molar-refractivity contribution < 1.29 is 19.1 Å². The molecule has 1 rings (SSSR count). The van der Waals surface area contributed by atoms with Gasteiger partial charge in [0.25, 0.3) is 0 Å². The van der Waals surface area contributed by atoms with Gasteiger partial charge in [-0.05, 0) is 0 Å². The average molecular weight is 205 g/mol. The van der Waals surface area contributed by atoms with E-state index < -0.39 is 13.8 Å². The summed E-state index contributed by atoms with van der Waals surface area (Å²) in [6.45, 7) is 0. The molecule has 13 heavy (non-hydrogen) atoms. The molecule has 0 aliphatic heterocycles. The Bertz CT molecular complexity index is 343. The Morgan fingerprint density at radius 1 is 1.69 bits per heavy atom. The minimum absolute atomic E-state index is 0.166. The van der Waals surface area contributed by atoms with E-state index in [9.17, 15) is 9.77 Å². The number of nitrogen functional groups attached to an aromatic ring is 1. The fourth-order valence-electron chi connectivity index (χ4n) is 0.797. The summed E-state index contributed by atoms with van der Waals surface area (Å²) >= 11 is 0. The van der Waals surface area contributed by atoms with Crippen LogP contribution in [0.15, 0.2) is 12.4 Å². The zero-order chi connectivity index (χ0) is 10.1. The lowest BCUT2D eigenvalue weighted by molar-refractivity contribution is -0.612. The number of hydrogen-bond acceptors (Lipinski definition) is 4. The highest BCUT2D eigenvalue weighted by Crippen LogP contribution is 2.38. The Labute approximate surface area is 73.6 Å². The van der Waals surface area contributed by atoms with E-state index in [1.54, 1.807) is 0 Å². The second kappa shape index (κ2) is 3.29. The predicted octanol–water partition coefficient (Wildman–Crippen LogP) is -1.03. The van der Waals surface area contributed by atoms with Crippen LogP contribution in [0.3, 0.4) is 0 Å². The first-order valence-corrected chi connectivity index (χ1v) is 5.07. The van der Waals surface area contributed by atoms with Gasteiger partial charge in [0.15, 0.2) is 12.0 Å². The molecule has 0 saturated carbocycles. The maximum atomic E-state index is 11.0. The minimum Gasteiger partial charge on any atom is -0.618 e. The van der Waals surface area contributed by atoms with Gasteiger partial charge in [-0.2, -0.15) is 4.73 Å². The molecule has 7 nitrogen and oxygen atoms in total. The molecule has 0 amide bonds. The highest BCUT2D eigenvalue weighted by Gasteiger charge is 2.23. The van der Waals surface area contributed by atoms with E-state index in [2.05, 4.69) is 4.98 Å². The van der Waals surface area contributed by atoms with E-state index in [-0.39, 0.29) is 11.5 Å². The van der Waals surface area contributed by atoms with Gasteiger partial charge in [0, 0.05) is 0 Å². The second-order valence-corrected chi connectivity index (χ2v) is 4.05. The summed E-state index contributed by atoms with van der Waals surface area (Å²) in [6, 6.07) is 0. The molecule has 0 unspecified atom stereocenters. The van der Waals surface area contributed by atoms with Gasteiger partial charge in [-0.1, -0.05) is 0 Å². The molecule has 0 spiro atoms. The quantitative estimate of drug-likeness (QED) is 0.322. The van der Waals surface area contributed by atoms with Crippen LogP contribution in [0.5, 0.6) is 0 Å². The van der Waals surface area contributed by atoms with Crippen molar-refractivity contribution in [1.29, 1.82) is 0 Å². The van der Waals surface area contributed by atoms with Crippen molar-refractivity contribution in [3.63, 3.8) is 0 Å². The largest absolute Gasteiger partial charge is 0.618 e. The number of hydrogen-bond donors (Lipinski definition) is 3. The topological polar surface area (TPSA) is 123 Å². The predicted molar refractivity (Wildman–Crippen MR) is 43.4 cm³/mol. The van der Waals surface area contributed by atoms with Crippen LogP contribution < -0.4 is 10.5 Å². The Balaban J connectivity index is 3.07. The summed E-state index contributed by atoms with van der Waals surface area (Å²) in [5.74, 6) is -0.166. The van der Waals surface area contributed by atoms with Crippen molar-refractivity contribution in [3.8, 4) is 0 Å². The zero-order valence-electron chi connectivity index (χ0n) is 6.49. The summed E-state index contributed by atoms with van der Waals surface area (Å²) in [7, 11) is -4.28. The molecule has 0 bridgehead atoms. The first-order valence-electron chi connectivity index (χ1n) is 3.27.